The molecule has 2 N–H and O–H groups in total. The first-order valence-corrected chi connectivity index (χ1v) is 8.20. The van der Waals surface area contributed by atoms with Crippen molar-refractivity contribution in [3.05, 3.63) is 53.9 Å². The van der Waals surface area contributed by atoms with Gasteiger partial charge in [0.15, 0.2) is 0 Å². The maximum atomic E-state index is 11.9. The van der Waals surface area contributed by atoms with Gasteiger partial charge in [-0.3, -0.25) is 4.79 Å². The lowest BCUT2D eigenvalue weighted by atomic mass is 10.0. The Morgan fingerprint density at radius 1 is 1.12 bits per heavy atom. The topological polar surface area (TPSA) is 63.2 Å². The van der Waals surface area contributed by atoms with E-state index in [4.69, 9.17) is 4.74 Å². The molecule has 2 rings (SSSR count). The number of aromatic nitrogens is 1. The molecule has 0 aliphatic rings. The number of nitrogens with one attached hydrogen (secondary N) is 2. The third kappa shape index (κ3) is 5.35. The summed E-state index contributed by atoms with van der Waals surface area (Å²) in [5.74, 6) is 0.348. The highest BCUT2D eigenvalue weighted by Gasteiger charge is 2.06. The van der Waals surface area contributed by atoms with Gasteiger partial charge in [0, 0.05) is 25.9 Å². The van der Waals surface area contributed by atoms with Crippen LogP contribution in [0.1, 0.15) is 42.2 Å². The van der Waals surface area contributed by atoms with Crippen molar-refractivity contribution >= 4 is 17.3 Å². The molecule has 0 spiro atoms. The molecule has 24 heavy (non-hydrogen) atoms. The molecule has 0 unspecified atom stereocenters. The predicted octanol–water partition coefficient (Wildman–Crippen LogP) is 3.71. The van der Waals surface area contributed by atoms with Crippen LogP contribution in [-0.4, -0.2) is 31.2 Å². The van der Waals surface area contributed by atoms with Crippen molar-refractivity contribution in [3.8, 4) is 0 Å². The van der Waals surface area contributed by atoms with E-state index >= 15 is 0 Å². The number of ether oxygens (including phenoxy) is 1. The van der Waals surface area contributed by atoms with Gasteiger partial charge in [0.2, 0.25) is 0 Å². The summed E-state index contributed by atoms with van der Waals surface area (Å²) in [7, 11) is 1.64. The zero-order chi connectivity index (χ0) is 17.4. The van der Waals surface area contributed by atoms with Gasteiger partial charge >= 0.3 is 0 Å². The molecule has 5 nitrogen and oxygen atoms in total. The summed E-state index contributed by atoms with van der Waals surface area (Å²) < 4.78 is 4.95. The van der Waals surface area contributed by atoms with Crippen molar-refractivity contribution in [3.63, 3.8) is 0 Å². The molecule has 1 heterocycles. The summed E-state index contributed by atoms with van der Waals surface area (Å²) in [6, 6.07) is 11.9. The number of rotatable bonds is 8. The summed E-state index contributed by atoms with van der Waals surface area (Å²) in [5, 5.41) is 6.10. The van der Waals surface area contributed by atoms with E-state index in [0.29, 0.717) is 24.8 Å². The number of benzene rings is 1. The van der Waals surface area contributed by atoms with Crippen LogP contribution in [0, 0.1) is 0 Å². The average molecular weight is 327 g/mol. The lowest BCUT2D eigenvalue weighted by molar-refractivity contribution is 0.0943. The van der Waals surface area contributed by atoms with Crippen LogP contribution in [0.15, 0.2) is 42.6 Å². The lowest BCUT2D eigenvalue weighted by Crippen LogP contribution is -2.26. The van der Waals surface area contributed by atoms with Crippen LogP contribution in [0.25, 0.3) is 0 Å². The van der Waals surface area contributed by atoms with Gasteiger partial charge in [-0.15, -0.1) is 0 Å². The number of methoxy groups -OCH3 is 1. The summed E-state index contributed by atoms with van der Waals surface area (Å²) in [6.07, 6.45) is 2.45. The first-order chi connectivity index (χ1) is 11.6. The van der Waals surface area contributed by atoms with Gasteiger partial charge in [0.1, 0.15) is 5.69 Å². The van der Waals surface area contributed by atoms with Crippen LogP contribution in [0.3, 0.4) is 0 Å². The van der Waals surface area contributed by atoms with Gasteiger partial charge in [0.05, 0.1) is 11.9 Å². The summed E-state index contributed by atoms with van der Waals surface area (Å²) in [5.41, 5.74) is 3.56. The highest BCUT2D eigenvalue weighted by Crippen LogP contribution is 2.20. The molecular weight excluding hydrogens is 302 g/mol. The Labute approximate surface area is 143 Å². The van der Waals surface area contributed by atoms with E-state index in [2.05, 4.69) is 41.6 Å². The number of carbonyl (C=O) groups excluding carboxylic acids is 1. The van der Waals surface area contributed by atoms with Crippen LogP contribution in [0.5, 0.6) is 0 Å². The number of carbonyl (C=O) groups is 1. The van der Waals surface area contributed by atoms with Crippen LogP contribution in [0.4, 0.5) is 11.4 Å². The Morgan fingerprint density at radius 3 is 2.42 bits per heavy atom. The molecule has 128 valence electrons. The smallest absolute Gasteiger partial charge is 0.269 e. The maximum Gasteiger partial charge on any atom is 0.269 e. The van der Waals surface area contributed by atoms with E-state index in [1.807, 2.05) is 18.2 Å². The van der Waals surface area contributed by atoms with E-state index in [-0.39, 0.29) is 5.91 Å². The van der Waals surface area contributed by atoms with Crippen molar-refractivity contribution in [2.75, 3.05) is 25.6 Å². The zero-order valence-electron chi connectivity index (χ0n) is 14.5. The zero-order valence-corrected chi connectivity index (χ0v) is 14.5. The molecule has 0 bridgehead atoms. The fourth-order valence-corrected chi connectivity index (χ4v) is 2.23. The SMILES string of the molecule is COCCCNC(=O)c1ccc(Nc2ccc(C(C)C)cc2)cn1. The van der Waals surface area contributed by atoms with E-state index in [1.54, 1.807) is 19.4 Å². The van der Waals surface area contributed by atoms with E-state index in [9.17, 15) is 4.79 Å². The van der Waals surface area contributed by atoms with Crippen LogP contribution < -0.4 is 10.6 Å². The monoisotopic (exact) mass is 327 g/mol. The number of amides is 1. The highest BCUT2D eigenvalue weighted by molar-refractivity contribution is 5.92. The van der Waals surface area contributed by atoms with Crippen molar-refractivity contribution in [1.82, 2.24) is 10.3 Å². The Balaban J connectivity index is 1.90. The minimum Gasteiger partial charge on any atom is -0.385 e. The number of nitrogens with zero attached hydrogens (tertiary/aromatic N) is 1. The standard InChI is InChI=1S/C19H25N3O2/c1-14(2)15-5-7-16(8-6-15)22-17-9-10-18(21-13-17)19(23)20-11-4-12-24-3/h5-10,13-14,22H,4,11-12H2,1-3H3,(H,20,23). The largest absolute Gasteiger partial charge is 0.385 e. The number of pyridine rings is 1. The van der Waals surface area contributed by atoms with Gasteiger partial charge < -0.3 is 15.4 Å². The molecule has 2 aromatic rings. The molecule has 0 radical (unpaired) electrons. The van der Waals surface area contributed by atoms with Crippen LogP contribution >= 0.6 is 0 Å². The molecule has 0 aliphatic carbocycles. The predicted molar refractivity (Wildman–Crippen MR) is 96.9 cm³/mol. The normalized spacial score (nSPS) is 10.7. The Hall–Kier alpha value is -2.40. The summed E-state index contributed by atoms with van der Waals surface area (Å²) >= 11 is 0. The van der Waals surface area contributed by atoms with Crippen molar-refractivity contribution < 1.29 is 9.53 Å². The molecule has 0 atom stereocenters. The third-order valence-electron chi connectivity index (χ3n) is 3.67. The van der Waals surface area contributed by atoms with Crippen LogP contribution in [-0.2, 0) is 4.74 Å². The van der Waals surface area contributed by atoms with Gasteiger partial charge in [-0.25, -0.2) is 4.98 Å². The van der Waals surface area contributed by atoms with E-state index in [1.165, 1.54) is 5.56 Å². The average Bonchev–Trinajstić information content (AvgIpc) is 2.59. The lowest BCUT2D eigenvalue weighted by Gasteiger charge is -2.10. The van der Waals surface area contributed by atoms with E-state index < -0.39 is 0 Å². The molecule has 1 aromatic heterocycles. The van der Waals surface area contributed by atoms with Crippen LogP contribution in [0.2, 0.25) is 0 Å². The second-order valence-electron chi connectivity index (χ2n) is 5.94. The number of anilines is 2. The van der Waals surface area contributed by atoms with Gasteiger partial charge in [-0.1, -0.05) is 26.0 Å². The summed E-state index contributed by atoms with van der Waals surface area (Å²) in [6.45, 7) is 5.56. The second kappa shape index (κ2) is 9.03. The molecule has 0 saturated carbocycles. The van der Waals surface area contributed by atoms with Crippen molar-refractivity contribution in [2.45, 2.75) is 26.2 Å². The van der Waals surface area contributed by atoms with Gasteiger partial charge in [0.25, 0.3) is 5.91 Å². The Kier molecular flexibility index (Phi) is 6.75. The molecule has 1 aromatic carbocycles. The highest BCUT2D eigenvalue weighted by atomic mass is 16.5. The molecule has 0 aliphatic heterocycles. The molecular formula is C19H25N3O2. The molecule has 5 heteroatoms. The van der Waals surface area contributed by atoms with Crippen molar-refractivity contribution in [2.24, 2.45) is 0 Å². The Morgan fingerprint density at radius 2 is 1.83 bits per heavy atom. The first kappa shape index (κ1) is 17.9. The fraction of sp³-hybridized carbons (Fsp3) is 0.368. The first-order valence-electron chi connectivity index (χ1n) is 8.20. The summed E-state index contributed by atoms with van der Waals surface area (Å²) in [4.78, 5) is 16.2. The van der Waals surface area contributed by atoms with Gasteiger partial charge in [-0.2, -0.15) is 0 Å². The van der Waals surface area contributed by atoms with E-state index in [0.717, 1.165) is 17.8 Å². The quantitative estimate of drug-likeness (QED) is 0.726. The molecule has 0 fully saturated rings. The molecule has 1 amide bonds. The van der Waals surface area contributed by atoms with Gasteiger partial charge in [-0.05, 0) is 42.2 Å². The Bertz CT molecular complexity index is 637. The third-order valence-corrected chi connectivity index (χ3v) is 3.67. The molecule has 0 saturated heterocycles. The fourth-order valence-electron chi connectivity index (χ4n) is 2.23. The number of hydrogen-bond donors (Lipinski definition) is 2. The maximum absolute atomic E-state index is 11.9. The second-order valence-corrected chi connectivity index (χ2v) is 5.94. The minimum absolute atomic E-state index is 0.168. The van der Waals surface area contributed by atoms with Crippen molar-refractivity contribution in [1.29, 1.82) is 0 Å². The minimum atomic E-state index is -0.168. The number of hydrogen-bond acceptors (Lipinski definition) is 4.